The second-order valence-electron chi connectivity index (χ2n) is 8.75. The minimum Gasteiger partial charge on any atom is -0.345 e. The molecule has 0 N–H and O–H groups in total. The van der Waals surface area contributed by atoms with Crippen LogP contribution in [0.3, 0.4) is 0 Å². The summed E-state index contributed by atoms with van der Waals surface area (Å²) in [5, 5.41) is 3.99. The van der Waals surface area contributed by atoms with Gasteiger partial charge in [0.2, 0.25) is 0 Å². The van der Waals surface area contributed by atoms with Gasteiger partial charge in [0, 0.05) is 40.7 Å². The zero-order valence-electron chi connectivity index (χ0n) is 17.4. The summed E-state index contributed by atoms with van der Waals surface area (Å²) in [7, 11) is 2.21. The average Bonchev–Trinajstić information content (AvgIpc) is 3.04. The van der Waals surface area contributed by atoms with Crippen LogP contribution in [-0.2, 0) is 0 Å². The van der Waals surface area contributed by atoms with Gasteiger partial charge >= 0.3 is 0 Å². The van der Waals surface area contributed by atoms with Crippen LogP contribution in [0.5, 0.6) is 0 Å². The standard InChI is InChI=1S/C27H21BN2/c1-16-17(2)30-24-13-7-12-23-26(24)28(21-11-6-10-20(16)27(21)30)22-14-18-8-4-5-9-19(18)15-25(22)29(23)3/h4-15H,1-3H3. The number of para-hydroxylation sites is 1. The summed E-state index contributed by atoms with van der Waals surface area (Å²) in [6.45, 7) is 4.78. The quantitative estimate of drug-likeness (QED) is 0.355. The van der Waals surface area contributed by atoms with E-state index in [1.165, 1.54) is 66.4 Å². The van der Waals surface area contributed by atoms with Gasteiger partial charge in [-0.1, -0.05) is 54.6 Å². The average molecular weight is 384 g/mol. The van der Waals surface area contributed by atoms with Gasteiger partial charge < -0.3 is 9.47 Å². The first-order valence-electron chi connectivity index (χ1n) is 10.7. The lowest BCUT2D eigenvalue weighted by Gasteiger charge is -2.38. The highest BCUT2D eigenvalue weighted by molar-refractivity contribution is 7.00. The van der Waals surface area contributed by atoms with Crippen molar-refractivity contribution in [1.82, 2.24) is 4.57 Å². The van der Waals surface area contributed by atoms with Gasteiger partial charge in [0.25, 0.3) is 6.71 Å². The molecule has 142 valence electrons. The monoisotopic (exact) mass is 384 g/mol. The number of fused-ring (bicyclic) bond motifs is 5. The van der Waals surface area contributed by atoms with E-state index in [0.717, 1.165) is 0 Å². The number of hydrogen-bond acceptors (Lipinski definition) is 1. The number of hydrogen-bond donors (Lipinski definition) is 0. The van der Waals surface area contributed by atoms with Crippen molar-refractivity contribution in [2.45, 2.75) is 13.8 Å². The fraction of sp³-hybridized carbons (Fsp3) is 0.111. The van der Waals surface area contributed by atoms with Crippen molar-refractivity contribution >= 4 is 56.2 Å². The van der Waals surface area contributed by atoms with E-state index in [-0.39, 0.29) is 6.71 Å². The zero-order valence-corrected chi connectivity index (χ0v) is 17.4. The fourth-order valence-electron chi connectivity index (χ4n) is 5.88. The summed E-state index contributed by atoms with van der Waals surface area (Å²) >= 11 is 0. The molecule has 2 aliphatic heterocycles. The topological polar surface area (TPSA) is 8.17 Å². The van der Waals surface area contributed by atoms with Gasteiger partial charge in [-0.2, -0.15) is 0 Å². The second-order valence-corrected chi connectivity index (χ2v) is 8.75. The second kappa shape index (κ2) is 5.37. The highest BCUT2D eigenvalue weighted by Crippen LogP contribution is 2.36. The molecule has 0 atom stereocenters. The van der Waals surface area contributed by atoms with E-state index in [9.17, 15) is 0 Å². The van der Waals surface area contributed by atoms with E-state index < -0.39 is 0 Å². The van der Waals surface area contributed by atoms with Gasteiger partial charge in [0.05, 0.1) is 0 Å². The van der Waals surface area contributed by atoms with Crippen LogP contribution in [0, 0.1) is 13.8 Å². The van der Waals surface area contributed by atoms with Crippen molar-refractivity contribution in [1.29, 1.82) is 0 Å². The first kappa shape index (κ1) is 16.4. The molecule has 30 heavy (non-hydrogen) atoms. The molecule has 0 unspecified atom stereocenters. The van der Waals surface area contributed by atoms with E-state index in [4.69, 9.17) is 0 Å². The molecule has 2 aliphatic rings. The molecule has 0 amide bonds. The maximum absolute atomic E-state index is 2.50. The van der Waals surface area contributed by atoms with Crippen molar-refractivity contribution in [3.63, 3.8) is 0 Å². The highest BCUT2D eigenvalue weighted by Gasteiger charge is 2.40. The predicted molar refractivity (Wildman–Crippen MR) is 129 cm³/mol. The van der Waals surface area contributed by atoms with Crippen LogP contribution in [0.2, 0.25) is 0 Å². The van der Waals surface area contributed by atoms with Gasteiger partial charge in [-0.3, -0.25) is 0 Å². The van der Waals surface area contributed by atoms with Crippen LogP contribution in [0.15, 0.2) is 72.8 Å². The van der Waals surface area contributed by atoms with E-state index in [2.05, 4.69) is 103 Å². The van der Waals surface area contributed by atoms with Crippen molar-refractivity contribution in [3.05, 3.63) is 84.1 Å². The molecule has 1 aromatic heterocycles. The third-order valence-electron chi connectivity index (χ3n) is 7.40. The van der Waals surface area contributed by atoms with E-state index in [1.807, 2.05) is 0 Å². The van der Waals surface area contributed by atoms with Crippen LogP contribution >= 0.6 is 0 Å². The Bertz CT molecular complexity index is 1540. The van der Waals surface area contributed by atoms with Crippen LogP contribution in [0.4, 0.5) is 11.4 Å². The maximum atomic E-state index is 2.50. The molecule has 5 aromatic rings. The molecular formula is C27H21BN2. The Morgan fingerprint density at radius 2 is 1.43 bits per heavy atom. The Labute approximate surface area is 176 Å². The van der Waals surface area contributed by atoms with E-state index in [1.54, 1.807) is 0 Å². The molecule has 0 saturated carbocycles. The summed E-state index contributed by atoms with van der Waals surface area (Å²) in [6, 6.07) is 27.1. The third kappa shape index (κ3) is 1.78. The van der Waals surface area contributed by atoms with Gasteiger partial charge in [-0.25, -0.2) is 0 Å². The largest absolute Gasteiger partial charge is 0.345 e. The lowest BCUT2D eigenvalue weighted by molar-refractivity contribution is 1.04. The molecular weight excluding hydrogens is 363 g/mol. The normalized spacial score (nSPS) is 13.7. The lowest BCUT2D eigenvalue weighted by Crippen LogP contribution is -2.60. The molecule has 3 heteroatoms. The van der Waals surface area contributed by atoms with Crippen LogP contribution < -0.4 is 21.3 Å². The molecule has 0 saturated heterocycles. The third-order valence-corrected chi connectivity index (χ3v) is 7.40. The van der Waals surface area contributed by atoms with Gasteiger partial charge in [-0.05, 0) is 64.8 Å². The molecule has 0 spiro atoms. The summed E-state index contributed by atoms with van der Waals surface area (Å²) in [5.41, 5.74) is 12.3. The first-order chi connectivity index (χ1) is 14.6. The minimum absolute atomic E-state index is 0.261. The van der Waals surface area contributed by atoms with Crippen LogP contribution in [0.1, 0.15) is 11.3 Å². The molecule has 4 aromatic carbocycles. The number of benzene rings is 4. The lowest BCUT2D eigenvalue weighted by atomic mass is 9.34. The molecule has 0 aliphatic carbocycles. The molecule has 7 rings (SSSR count). The Balaban J connectivity index is 1.69. The van der Waals surface area contributed by atoms with E-state index >= 15 is 0 Å². The summed E-state index contributed by atoms with van der Waals surface area (Å²) in [5.74, 6) is 0. The van der Waals surface area contributed by atoms with Gasteiger partial charge in [0.15, 0.2) is 0 Å². The molecule has 0 fully saturated rings. The molecule has 2 nitrogen and oxygen atoms in total. The number of nitrogens with zero attached hydrogens (tertiary/aromatic N) is 2. The predicted octanol–water partition coefficient (Wildman–Crippen LogP) is 4.31. The number of anilines is 2. The number of aromatic nitrogens is 1. The summed E-state index contributed by atoms with van der Waals surface area (Å²) in [4.78, 5) is 2.38. The number of aryl methyl sites for hydroxylation is 1. The zero-order chi connectivity index (χ0) is 20.1. The Morgan fingerprint density at radius 1 is 0.700 bits per heavy atom. The first-order valence-corrected chi connectivity index (χ1v) is 10.7. The highest BCUT2D eigenvalue weighted by atomic mass is 15.1. The smallest absolute Gasteiger partial charge is 0.252 e. The van der Waals surface area contributed by atoms with Crippen molar-refractivity contribution < 1.29 is 0 Å². The van der Waals surface area contributed by atoms with Crippen molar-refractivity contribution in [2.24, 2.45) is 0 Å². The summed E-state index contributed by atoms with van der Waals surface area (Å²) in [6.07, 6.45) is 0. The van der Waals surface area contributed by atoms with Gasteiger partial charge in [-0.15, -0.1) is 0 Å². The summed E-state index contributed by atoms with van der Waals surface area (Å²) < 4.78 is 2.50. The van der Waals surface area contributed by atoms with Crippen molar-refractivity contribution in [3.8, 4) is 5.69 Å². The van der Waals surface area contributed by atoms with Gasteiger partial charge in [0.1, 0.15) is 0 Å². The Kier molecular flexibility index (Phi) is 2.93. The van der Waals surface area contributed by atoms with Crippen LogP contribution in [-0.4, -0.2) is 18.3 Å². The van der Waals surface area contributed by atoms with Crippen LogP contribution in [0.25, 0.3) is 27.4 Å². The number of rotatable bonds is 0. The Morgan fingerprint density at radius 3 is 2.27 bits per heavy atom. The van der Waals surface area contributed by atoms with Crippen molar-refractivity contribution in [2.75, 3.05) is 11.9 Å². The fourth-order valence-corrected chi connectivity index (χ4v) is 5.88. The SMILES string of the molecule is Cc1c(C)n2c3c(cccc13)B1c3cc4ccccc4cc3N(C)c3cccc-2c31. The maximum Gasteiger partial charge on any atom is 0.252 e. The molecule has 3 heterocycles. The van der Waals surface area contributed by atoms with E-state index in [0.29, 0.717) is 0 Å². The Hall–Kier alpha value is -3.46. The molecule has 0 bridgehead atoms. The molecule has 0 radical (unpaired) electrons. The minimum atomic E-state index is 0.261.